The molecule has 0 aromatic carbocycles. The number of rotatable bonds is 3. The minimum Gasteiger partial charge on any atom is -0.337 e. The highest BCUT2D eigenvalue weighted by atomic mass is 35.5. The number of nitrogens with zero attached hydrogens (tertiary/aromatic N) is 4. The molecule has 1 aliphatic carbocycles. The van der Waals surface area contributed by atoms with Crippen molar-refractivity contribution < 1.29 is 17.7 Å². The first-order valence-electron chi connectivity index (χ1n) is 6.09. The van der Waals surface area contributed by atoms with Gasteiger partial charge in [-0.2, -0.15) is 23.3 Å². The first kappa shape index (κ1) is 15.8. The summed E-state index contributed by atoms with van der Waals surface area (Å²) >= 11 is 0. The molecule has 10 heteroatoms. The van der Waals surface area contributed by atoms with Crippen LogP contribution in [0.3, 0.4) is 0 Å². The average molecular weight is 324 g/mol. The van der Waals surface area contributed by atoms with Gasteiger partial charge in [0.15, 0.2) is 11.5 Å². The minimum atomic E-state index is -4.46. The number of nitrogens with two attached hydrogens (primary N) is 1. The molecule has 0 spiro atoms. The predicted molar refractivity (Wildman–Crippen MR) is 67.6 cm³/mol. The van der Waals surface area contributed by atoms with Gasteiger partial charge in [0.25, 0.3) is 0 Å². The molecule has 0 unspecified atom stereocenters. The minimum absolute atomic E-state index is 0. The maximum absolute atomic E-state index is 12.4. The summed E-state index contributed by atoms with van der Waals surface area (Å²) in [5.41, 5.74) is 4.53. The zero-order valence-corrected chi connectivity index (χ0v) is 11.6. The summed E-state index contributed by atoms with van der Waals surface area (Å²) < 4.78 is 43.3. The summed E-state index contributed by atoms with van der Waals surface area (Å²) in [4.78, 5) is 4.13. The van der Waals surface area contributed by atoms with E-state index in [1.807, 2.05) is 0 Å². The lowest BCUT2D eigenvalue weighted by Gasteiger charge is -2.34. The van der Waals surface area contributed by atoms with Crippen molar-refractivity contribution >= 4 is 12.4 Å². The van der Waals surface area contributed by atoms with E-state index in [0.29, 0.717) is 5.82 Å². The summed E-state index contributed by atoms with van der Waals surface area (Å²) in [5, 5.41) is 7.20. The average Bonchev–Trinajstić information content (AvgIpc) is 2.95. The number of hydrogen-bond acceptors (Lipinski definition) is 5. The Labute approximate surface area is 123 Å². The van der Waals surface area contributed by atoms with E-state index in [9.17, 15) is 13.2 Å². The third kappa shape index (κ3) is 3.03. The number of alkyl halides is 3. The van der Waals surface area contributed by atoms with Crippen molar-refractivity contribution in [3.05, 3.63) is 29.7 Å². The van der Waals surface area contributed by atoms with Crippen LogP contribution in [-0.4, -0.2) is 19.9 Å². The van der Waals surface area contributed by atoms with E-state index in [1.54, 1.807) is 0 Å². The zero-order chi connectivity index (χ0) is 14.4. The molecule has 0 radical (unpaired) electrons. The molecule has 0 atom stereocenters. The van der Waals surface area contributed by atoms with E-state index in [0.717, 1.165) is 30.0 Å². The van der Waals surface area contributed by atoms with Crippen molar-refractivity contribution in [2.75, 3.05) is 0 Å². The van der Waals surface area contributed by atoms with Crippen LogP contribution in [0.4, 0.5) is 13.2 Å². The monoisotopic (exact) mass is 323 g/mol. The van der Waals surface area contributed by atoms with E-state index in [4.69, 9.17) is 10.3 Å². The molecule has 1 aliphatic rings. The Kier molecular flexibility index (Phi) is 3.98. The van der Waals surface area contributed by atoms with Gasteiger partial charge in [-0.05, 0) is 25.3 Å². The normalized spacial score (nSPS) is 17.1. The lowest BCUT2D eigenvalue weighted by Crippen LogP contribution is -2.44. The van der Waals surface area contributed by atoms with E-state index < -0.39 is 17.4 Å². The number of aromatic nitrogens is 4. The highest BCUT2D eigenvalue weighted by molar-refractivity contribution is 5.85. The molecule has 1 fully saturated rings. The van der Waals surface area contributed by atoms with Gasteiger partial charge in [-0.3, -0.25) is 4.68 Å². The Bertz CT molecular complexity index is 619. The highest BCUT2D eigenvalue weighted by Gasteiger charge is 2.39. The molecule has 6 nitrogen and oxygen atoms in total. The molecule has 2 aromatic rings. The van der Waals surface area contributed by atoms with Gasteiger partial charge >= 0.3 is 6.18 Å². The molecule has 2 aromatic heterocycles. The maximum Gasteiger partial charge on any atom is 0.435 e. The summed E-state index contributed by atoms with van der Waals surface area (Å²) in [5.74, 6) is 0.593. The van der Waals surface area contributed by atoms with Gasteiger partial charge in [-0.15, -0.1) is 12.4 Å². The molecule has 116 valence electrons. The van der Waals surface area contributed by atoms with Gasteiger partial charge in [-0.1, -0.05) is 5.16 Å². The summed E-state index contributed by atoms with van der Waals surface area (Å²) in [6.07, 6.45) is -0.668. The predicted octanol–water partition coefficient (Wildman–Crippen LogP) is 2.09. The van der Waals surface area contributed by atoms with Crippen LogP contribution in [0, 0.1) is 0 Å². The summed E-state index contributed by atoms with van der Waals surface area (Å²) in [7, 11) is 0. The van der Waals surface area contributed by atoms with Crippen molar-refractivity contribution in [2.45, 2.75) is 37.5 Å². The lowest BCUT2D eigenvalue weighted by atomic mass is 9.77. The van der Waals surface area contributed by atoms with E-state index in [1.165, 1.54) is 6.20 Å². The largest absolute Gasteiger partial charge is 0.435 e. The molecule has 1 saturated carbocycles. The zero-order valence-electron chi connectivity index (χ0n) is 10.8. The van der Waals surface area contributed by atoms with Crippen LogP contribution in [0.1, 0.15) is 36.7 Å². The fourth-order valence-corrected chi connectivity index (χ4v) is 2.04. The second kappa shape index (κ2) is 5.30. The standard InChI is InChI=1S/C11H12F3N5O.ClH/c12-11(13,14)7-2-5-19(17-7)6-8-16-9(18-20-8)10(15)3-1-4-10;/h2,5H,1,3-4,6,15H2;1H. The molecule has 2 N–H and O–H groups in total. The maximum atomic E-state index is 12.4. The Morgan fingerprint density at radius 1 is 1.38 bits per heavy atom. The van der Waals surface area contributed by atoms with Crippen molar-refractivity contribution in [3.8, 4) is 0 Å². The third-order valence-corrected chi connectivity index (χ3v) is 3.39. The summed E-state index contributed by atoms with van der Waals surface area (Å²) in [6, 6.07) is 0.896. The van der Waals surface area contributed by atoms with Crippen LogP contribution < -0.4 is 5.73 Å². The van der Waals surface area contributed by atoms with E-state index in [2.05, 4.69) is 15.2 Å². The van der Waals surface area contributed by atoms with Crippen LogP contribution >= 0.6 is 12.4 Å². The quantitative estimate of drug-likeness (QED) is 0.935. The van der Waals surface area contributed by atoms with Crippen molar-refractivity contribution in [1.29, 1.82) is 0 Å². The lowest BCUT2D eigenvalue weighted by molar-refractivity contribution is -0.141. The topological polar surface area (TPSA) is 82.8 Å². The first-order valence-corrected chi connectivity index (χ1v) is 6.09. The molecule has 21 heavy (non-hydrogen) atoms. The fraction of sp³-hybridized carbons (Fsp3) is 0.545. The smallest absolute Gasteiger partial charge is 0.337 e. The SMILES string of the molecule is Cl.NC1(c2noc(Cn3ccc(C(F)(F)F)n3)n2)CCC1. The van der Waals surface area contributed by atoms with Crippen molar-refractivity contribution in [3.63, 3.8) is 0 Å². The fourth-order valence-electron chi connectivity index (χ4n) is 2.04. The van der Waals surface area contributed by atoms with E-state index in [-0.39, 0.29) is 24.8 Å². The van der Waals surface area contributed by atoms with Crippen LogP contribution in [0.15, 0.2) is 16.8 Å². The van der Waals surface area contributed by atoms with Crippen LogP contribution in [0.2, 0.25) is 0 Å². The van der Waals surface area contributed by atoms with Crippen LogP contribution in [-0.2, 0) is 18.3 Å². The first-order chi connectivity index (χ1) is 9.37. The molecule has 0 aliphatic heterocycles. The van der Waals surface area contributed by atoms with Gasteiger partial charge in [0.05, 0.1) is 5.54 Å². The molecule has 3 rings (SSSR count). The molecule has 0 saturated heterocycles. The van der Waals surface area contributed by atoms with Crippen molar-refractivity contribution in [1.82, 2.24) is 19.9 Å². The highest BCUT2D eigenvalue weighted by Crippen LogP contribution is 2.36. The van der Waals surface area contributed by atoms with Crippen LogP contribution in [0.5, 0.6) is 0 Å². The Morgan fingerprint density at radius 2 is 2.10 bits per heavy atom. The summed E-state index contributed by atoms with van der Waals surface area (Å²) in [6.45, 7) is -0.0147. The van der Waals surface area contributed by atoms with Gasteiger partial charge in [0.1, 0.15) is 6.54 Å². The van der Waals surface area contributed by atoms with E-state index >= 15 is 0 Å². The Balaban J connectivity index is 0.00000161. The second-order valence-corrected chi connectivity index (χ2v) is 4.92. The van der Waals surface area contributed by atoms with Gasteiger partial charge < -0.3 is 10.3 Å². The molecule has 0 amide bonds. The van der Waals surface area contributed by atoms with Crippen molar-refractivity contribution in [2.24, 2.45) is 5.73 Å². The van der Waals surface area contributed by atoms with Gasteiger partial charge in [-0.25, -0.2) is 0 Å². The van der Waals surface area contributed by atoms with Crippen LogP contribution in [0.25, 0.3) is 0 Å². The Morgan fingerprint density at radius 3 is 2.62 bits per heavy atom. The molecule has 2 heterocycles. The molecular weight excluding hydrogens is 311 g/mol. The third-order valence-electron chi connectivity index (χ3n) is 3.39. The number of halogens is 4. The second-order valence-electron chi connectivity index (χ2n) is 4.92. The molecule has 0 bridgehead atoms. The van der Waals surface area contributed by atoms with Gasteiger partial charge in [0.2, 0.25) is 5.89 Å². The van der Waals surface area contributed by atoms with Gasteiger partial charge in [0, 0.05) is 6.20 Å². The number of hydrogen-bond donors (Lipinski definition) is 1. The molecular formula is C11H13ClF3N5O. The Hall–Kier alpha value is -1.61.